The molecular weight excluding hydrogens is 284 g/mol. The third-order valence-electron chi connectivity index (χ3n) is 2.70. The molecule has 106 valence electrons. The van der Waals surface area contributed by atoms with Crippen molar-refractivity contribution in [2.75, 3.05) is 5.32 Å². The number of amides is 1. The van der Waals surface area contributed by atoms with Gasteiger partial charge in [0.1, 0.15) is 0 Å². The summed E-state index contributed by atoms with van der Waals surface area (Å²) in [4.78, 5) is 11.4. The number of rotatable bonds is 4. The molecule has 0 fully saturated rings. The van der Waals surface area contributed by atoms with Gasteiger partial charge < -0.3 is 5.32 Å². The minimum atomic E-state index is -2.94. The monoisotopic (exact) mass is 302 g/mol. The molecule has 1 unspecified atom stereocenters. The van der Waals surface area contributed by atoms with Gasteiger partial charge >= 0.3 is 0 Å². The van der Waals surface area contributed by atoms with Crippen molar-refractivity contribution in [3.05, 3.63) is 24.3 Å². The van der Waals surface area contributed by atoms with Gasteiger partial charge in [0.25, 0.3) is 0 Å². The standard InChI is InChI=1S/C13H19ClN2O2S/c1-5-13(3,4)16-19(14,18)12-8-6-11(7-9-12)15-10(2)17/h6-9H,5H2,1-4H3,(H,15,17). The van der Waals surface area contributed by atoms with Crippen LogP contribution in [0.1, 0.15) is 34.1 Å². The number of halogens is 1. The van der Waals surface area contributed by atoms with E-state index in [9.17, 15) is 9.00 Å². The van der Waals surface area contributed by atoms with Crippen LogP contribution in [0.5, 0.6) is 0 Å². The molecule has 0 radical (unpaired) electrons. The molecule has 1 rings (SSSR count). The average molecular weight is 303 g/mol. The summed E-state index contributed by atoms with van der Waals surface area (Å²) in [6.07, 6.45) is 0.751. The fraction of sp³-hybridized carbons (Fsp3) is 0.462. The fourth-order valence-corrected chi connectivity index (χ4v) is 3.56. The summed E-state index contributed by atoms with van der Waals surface area (Å²) in [5.41, 5.74) is 0.202. The van der Waals surface area contributed by atoms with Crippen molar-refractivity contribution >= 4 is 31.2 Å². The second-order valence-electron chi connectivity index (χ2n) is 4.92. The summed E-state index contributed by atoms with van der Waals surface area (Å²) >= 11 is 0. The van der Waals surface area contributed by atoms with Crippen molar-refractivity contribution in [2.45, 2.75) is 44.6 Å². The molecule has 0 bridgehead atoms. The van der Waals surface area contributed by atoms with Gasteiger partial charge in [0, 0.05) is 23.3 Å². The molecule has 19 heavy (non-hydrogen) atoms. The number of nitrogens with zero attached hydrogens (tertiary/aromatic N) is 1. The number of carbonyl (C=O) groups is 1. The minimum absolute atomic E-state index is 0.156. The van der Waals surface area contributed by atoms with E-state index < -0.39 is 14.5 Å². The molecule has 0 aromatic heterocycles. The molecule has 0 aliphatic rings. The number of nitrogens with one attached hydrogen (secondary N) is 1. The van der Waals surface area contributed by atoms with Crippen LogP contribution in [0.3, 0.4) is 0 Å². The number of hydrogen-bond donors (Lipinski definition) is 1. The van der Waals surface area contributed by atoms with Crippen LogP contribution < -0.4 is 5.32 Å². The maximum absolute atomic E-state index is 12.4. The molecule has 1 N–H and O–H groups in total. The maximum atomic E-state index is 12.4. The molecule has 1 atom stereocenters. The lowest BCUT2D eigenvalue weighted by Gasteiger charge is -2.18. The van der Waals surface area contributed by atoms with Crippen molar-refractivity contribution in [1.29, 1.82) is 0 Å². The van der Waals surface area contributed by atoms with Gasteiger partial charge in [-0.15, -0.1) is 0 Å². The summed E-state index contributed by atoms with van der Waals surface area (Å²) in [7, 11) is 3.12. The summed E-state index contributed by atoms with van der Waals surface area (Å²) in [5.74, 6) is -0.156. The molecule has 0 saturated carbocycles. The smallest absolute Gasteiger partial charge is 0.221 e. The Labute approximate surface area is 119 Å². The first kappa shape index (κ1) is 16.0. The van der Waals surface area contributed by atoms with Crippen LogP contribution in [0.15, 0.2) is 33.5 Å². The van der Waals surface area contributed by atoms with E-state index in [1.54, 1.807) is 24.3 Å². The van der Waals surface area contributed by atoms with Gasteiger partial charge in [0.2, 0.25) is 5.91 Å². The summed E-state index contributed by atoms with van der Waals surface area (Å²) < 4.78 is 16.6. The highest BCUT2D eigenvalue weighted by Crippen LogP contribution is 2.26. The molecular formula is C13H19ClN2O2S. The SMILES string of the molecule is CCC(C)(C)N=S(=O)(Cl)c1ccc(NC(C)=O)cc1. The molecule has 0 aliphatic carbocycles. The number of hydrogen-bond acceptors (Lipinski definition) is 3. The van der Waals surface area contributed by atoms with E-state index in [-0.39, 0.29) is 5.91 Å². The van der Waals surface area contributed by atoms with Crippen molar-refractivity contribution < 1.29 is 9.00 Å². The molecule has 4 nitrogen and oxygen atoms in total. The lowest BCUT2D eigenvalue weighted by atomic mass is 10.1. The molecule has 1 aromatic carbocycles. The van der Waals surface area contributed by atoms with Crippen LogP contribution in [0, 0.1) is 0 Å². The number of carbonyl (C=O) groups excluding carboxylic acids is 1. The zero-order chi connectivity index (χ0) is 14.7. The second-order valence-corrected chi connectivity index (χ2v) is 7.75. The molecule has 0 spiro atoms. The van der Waals surface area contributed by atoms with E-state index in [1.165, 1.54) is 6.92 Å². The third kappa shape index (κ3) is 4.84. The normalized spacial score (nSPS) is 14.6. The largest absolute Gasteiger partial charge is 0.326 e. The van der Waals surface area contributed by atoms with Gasteiger partial charge in [-0.25, -0.2) is 8.57 Å². The zero-order valence-corrected chi connectivity index (χ0v) is 13.1. The molecule has 6 heteroatoms. The first-order chi connectivity index (χ1) is 8.66. The molecule has 0 aliphatic heterocycles. The highest BCUT2D eigenvalue weighted by atomic mass is 35.7. The maximum Gasteiger partial charge on any atom is 0.221 e. The van der Waals surface area contributed by atoms with Gasteiger partial charge in [-0.3, -0.25) is 4.79 Å². The Morgan fingerprint density at radius 1 is 1.37 bits per heavy atom. The number of anilines is 1. The van der Waals surface area contributed by atoms with Gasteiger partial charge in [0.05, 0.1) is 10.4 Å². The number of benzene rings is 1. The van der Waals surface area contributed by atoms with E-state index in [2.05, 4.69) is 9.68 Å². The van der Waals surface area contributed by atoms with E-state index in [0.29, 0.717) is 10.6 Å². The van der Waals surface area contributed by atoms with Gasteiger partial charge in [-0.2, -0.15) is 0 Å². The Kier molecular flexibility index (Phi) is 4.98. The Hall–Kier alpha value is -1.07. The predicted molar refractivity (Wildman–Crippen MR) is 79.8 cm³/mol. The summed E-state index contributed by atoms with van der Waals surface area (Å²) in [6, 6.07) is 6.56. The van der Waals surface area contributed by atoms with Crippen LogP contribution in [0.25, 0.3) is 0 Å². The highest BCUT2D eigenvalue weighted by molar-refractivity contribution is 8.15. The average Bonchev–Trinajstić information content (AvgIpc) is 2.27. The fourth-order valence-electron chi connectivity index (χ4n) is 1.34. The lowest BCUT2D eigenvalue weighted by molar-refractivity contribution is -0.114. The van der Waals surface area contributed by atoms with Crippen molar-refractivity contribution in [3.63, 3.8) is 0 Å². The lowest BCUT2D eigenvalue weighted by Crippen LogP contribution is -2.16. The van der Waals surface area contributed by atoms with E-state index in [1.807, 2.05) is 20.8 Å². The molecule has 1 aromatic rings. The van der Waals surface area contributed by atoms with Gasteiger partial charge in [-0.1, -0.05) is 6.92 Å². The van der Waals surface area contributed by atoms with Crippen LogP contribution >= 0.6 is 10.7 Å². The zero-order valence-electron chi connectivity index (χ0n) is 11.6. The quantitative estimate of drug-likeness (QED) is 0.860. The topological polar surface area (TPSA) is 58.5 Å². The van der Waals surface area contributed by atoms with E-state index in [4.69, 9.17) is 10.7 Å². The van der Waals surface area contributed by atoms with Crippen molar-refractivity contribution in [2.24, 2.45) is 4.36 Å². The Morgan fingerprint density at radius 3 is 2.32 bits per heavy atom. The Bertz CT molecular complexity index is 573. The molecule has 0 heterocycles. The van der Waals surface area contributed by atoms with Crippen molar-refractivity contribution in [3.8, 4) is 0 Å². The third-order valence-corrected chi connectivity index (χ3v) is 5.02. The summed E-state index contributed by atoms with van der Waals surface area (Å²) in [5, 5.41) is 2.64. The van der Waals surface area contributed by atoms with Crippen LogP contribution in [0.2, 0.25) is 0 Å². The predicted octanol–water partition coefficient (Wildman–Crippen LogP) is 3.81. The highest BCUT2D eigenvalue weighted by Gasteiger charge is 2.19. The van der Waals surface area contributed by atoms with Crippen molar-refractivity contribution in [1.82, 2.24) is 0 Å². The van der Waals surface area contributed by atoms with Gasteiger partial charge in [0.15, 0.2) is 8.94 Å². The minimum Gasteiger partial charge on any atom is -0.326 e. The van der Waals surface area contributed by atoms with E-state index >= 15 is 0 Å². The van der Waals surface area contributed by atoms with Gasteiger partial charge in [-0.05, 0) is 44.5 Å². The first-order valence-electron chi connectivity index (χ1n) is 6.02. The van der Waals surface area contributed by atoms with Crippen LogP contribution in [-0.4, -0.2) is 15.7 Å². The van der Waals surface area contributed by atoms with Crippen LogP contribution in [0.4, 0.5) is 5.69 Å². The second kappa shape index (κ2) is 5.92. The Balaban J connectivity index is 3.10. The molecule has 1 amide bonds. The van der Waals surface area contributed by atoms with E-state index in [0.717, 1.165) is 6.42 Å². The first-order valence-corrected chi connectivity index (χ1v) is 8.36. The molecule has 0 saturated heterocycles. The van der Waals surface area contributed by atoms with Crippen LogP contribution in [-0.2, 0) is 13.7 Å². The Morgan fingerprint density at radius 2 is 1.89 bits per heavy atom. The summed E-state index contributed by atoms with van der Waals surface area (Å²) in [6.45, 7) is 7.18.